The molecule has 0 aromatic rings. The summed E-state index contributed by atoms with van der Waals surface area (Å²) in [6.07, 6.45) is 14.8. The summed E-state index contributed by atoms with van der Waals surface area (Å²) in [5.41, 5.74) is 0. The van der Waals surface area contributed by atoms with E-state index in [0.717, 1.165) is 57.3 Å². The van der Waals surface area contributed by atoms with Crippen LogP contribution in [0.1, 0.15) is 84.0 Å². The number of hydrogen-bond donors (Lipinski definition) is 0. The molecule has 0 N–H and O–H groups in total. The topological polar surface area (TPSA) is 52.6 Å². The summed E-state index contributed by atoms with van der Waals surface area (Å²) in [6, 6.07) is 0. The van der Waals surface area contributed by atoms with Crippen LogP contribution in [0.5, 0.6) is 0 Å². The lowest BCUT2D eigenvalue weighted by Crippen LogP contribution is -2.30. The minimum Gasteiger partial charge on any atom is -0.462 e. The number of ether oxygens (including phenoxy) is 2. The molecule has 4 nitrogen and oxygen atoms in total. The Morgan fingerprint density at radius 1 is 0.963 bits per heavy atom. The van der Waals surface area contributed by atoms with Crippen molar-refractivity contribution in [3.63, 3.8) is 0 Å². The maximum absolute atomic E-state index is 12.5. The van der Waals surface area contributed by atoms with Crippen molar-refractivity contribution in [2.45, 2.75) is 90.1 Å². The highest BCUT2D eigenvalue weighted by molar-refractivity contribution is 5.90. The zero-order chi connectivity index (χ0) is 19.5. The third kappa shape index (κ3) is 8.16. The Labute approximate surface area is 165 Å². The van der Waals surface area contributed by atoms with E-state index in [9.17, 15) is 9.59 Å². The number of hydrogen-bond acceptors (Lipinski definition) is 4. The number of carbonyl (C=O) groups excluding carboxylic acids is 2. The van der Waals surface area contributed by atoms with Crippen LogP contribution in [0.15, 0.2) is 12.7 Å². The van der Waals surface area contributed by atoms with Crippen LogP contribution >= 0.6 is 0 Å². The van der Waals surface area contributed by atoms with Gasteiger partial charge in [0, 0.05) is 6.61 Å². The lowest BCUT2D eigenvalue weighted by molar-refractivity contribution is -0.157. The third-order valence-corrected chi connectivity index (χ3v) is 6.33. The van der Waals surface area contributed by atoms with Gasteiger partial charge in [-0.1, -0.05) is 26.3 Å². The van der Waals surface area contributed by atoms with Gasteiger partial charge in [0.2, 0.25) is 0 Å². The van der Waals surface area contributed by atoms with Crippen LogP contribution in [0.4, 0.5) is 0 Å². The van der Waals surface area contributed by atoms with E-state index in [0.29, 0.717) is 12.5 Å². The van der Waals surface area contributed by atoms with Gasteiger partial charge in [0.1, 0.15) is 12.7 Å². The summed E-state index contributed by atoms with van der Waals surface area (Å²) in [6.45, 7) is 6.45. The number of esters is 1. The molecule has 0 aromatic carbocycles. The maximum atomic E-state index is 12.5. The molecule has 0 bridgehead atoms. The van der Waals surface area contributed by atoms with Crippen molar-refractivity contribution in [2.24, 2.45) is 17.8 Å². The van der Waals surface area contributed by atoms with E-state index in [4.69, 9.17) is 9.47 Å². The summed E-state index contributed by atoms with van der Waals surface area (Å²) in [5.74, 6) is 1.62. The zero-order valence-corrected chi connectivity index (χ0v) is 17.1. The van der Waals surface area contributed by atoms with Crippen LogP contribution in [0, 0.1) is 17.8 Å². The largest absolute Gasteiger partial charge is 0.462 e. The van der Waals surface area contributed by atoms with Crippen LogP contribution in [-0.4, -0.2) is 31.1 Å². The molecule has 0 aromatic heterocycles. The van der Waals surface area contributed by atoms with E-state index < -0.39 is 0 Å². The minimum absolute atomic E-state index is 0.0543. The minimum atomic E-state index is -0.0622. The molecule has 2 aliphatic carbocycles. The molecule has 0 saturated heterocycles. The van der Waals surface area contributed by atoms with Crippen LogP contribution in [0.25, 0.3) is 0 Å². The molecule has 0 radical (unpaired) electrons. The second kappa shape index (κ2) is 12.3. The molecule has 2 fully saturated rings. The molecule has 0 spiro atoms. The van der Waals surface area contributed by atoms with E-state index in [1.54, 1.807) is 0 Å². The highest BCUT2D eigenvalue weighted by Gasteiger charge is 2.30. The molecule has 2 rings (SSSR count). The van der Waals surface area contributed by atoms with Gasteiger partial charge in [-0.25, -0.2) is 0 Å². The number of carbonyl (C=O) groups is 2. The van der Waals surface area contributed by atoms with Gasteiger partial charge in [0.15, 0.2) is 5.78 Å². The summed E-state index contributed by atoms with van der Waals surface area (Å²) < 4.78 is 11.2. The average molecular weight is 379 g/mol. The number of ketones is 1. The standard InChI is InChI=1S/C23H38O4/c1-3-6-18-10-14-22(15-11-18)27-23(25)20-12-8-19(9-13-20)7-5-16-26-17-21(24)4-2/h4,18-20,22H,2-3,5-17H2,1H3. The average Bonchev–Trinajstić information content (AvgIpc) is 2.69. The zero-order valence-electron chi connectivity index (χ0n) is 17.1. The monoisotopic (exact) mass is 378 g/mol. The van der Waals surface area contributed by atoms with Gasteiger partial charge in [-0.05, 0) is 82.1 Å². The lowest BCUT2D eigenvalue weighted by Gasteiger charge is -2.31. The van der Waals surface area contributed by atoms with Crippen LogP contribution in [-0.2, 0) is 19.1 Å². The van der Waals surface area contributed by atoms with Gasteiger partial charge in [-0.3, -0.25) is 9.59 Å². The van der Waals surface area contributed by atoms with Crippen LogP contribution < -0.4 is 0 Å². The van der Waals surface area contributed by atoms with E-state index in [2.05, 4.69) is 13.5 Å². The summed E-state index contributed by atoms with van der Waals surface area (Å²) in [7, 11) is 0. The summed E-state index contributed by atoms with van der Waals surface area (Å²) >= 11 is 0. The van der Waals surface area contributed by atoms with Crippen molar-refractivity contribution < 1.29 is 19.1 Å². The molecule has 2 saturated carbocycles. The van der Waals surface area contributed by atoms with Crippen LogP contribution in [0.3, 0.4) is 0 Å². The third-order valence-electron chi connectivity index (χ3n) is 6.33. The first-order chi connectivity index (χ1) is 13.1. The predicted octanol–water partition coefficient (Wildman–Crippen LogP) is 5.25. The molecule has 0 unspecified atom stereocenters. The normalized spacial score (nSPS) is 28.5. The highest BCUT2D eigenvalue weighted by atomic mass is 16.5. The van der Waals surface area contributed by atoms with E-state index in [-0.39, 0.29) is 30.4 Å². The van der Waals surface area contributed by atoms with Gasteiger partial charge in [-0.15, -0.1) is 0 Å². The Hall–Kier alpha value is -1.16. The van der Waals surface area contributed by atoms with E-state index in [1.807, 2.05) is 0 Å². The molecule has 4 heteroatoms. The smallest absolute Gasteiger partial charge is 0.309 e. The first-order valence-corrected chi connectivity index (χ1v) is 11.1. The molecule has 0 aliphatic heterocycles. The molecule has 27 heavy (non-hydrogen) atoms. The van der Waals surface area contributed by atoms with Crippen molar-refractivity contribution in [3.8, 4) is 0 Å². The second-order valence-electron chi connectivity index (χ2n) is 8.45. The molecular formula is C23H38O4. The molecule has 0 atom stereocenters. The van der Waals surface area contributed by atoms with Gasteiger partial charge < -0.3 is 9.47 Å². The van der Waals surface area contributed by atoms with E-state index >= 15 is 0 Å². The second-order valence-corrected chi connectivity index (χ2v) is 8.45. The van der Waals surface area contributed by atoms with Crippen molar-refractivity contribution >= 4 is 11.8 Å². The summed E-state index contributed by atoms with van der Waals surface area (Å²) in [4.78, 5) is 23.6. The van der Waals surface area contributed by atoms with Crippen molar-refractivity contribution in [1.29, 1.82) is 0 Å². The van der Waals surface area contributed by atoms with Crippen molar-refractivity contribution in [2.75, 3.05) is 13.2 Å². The molecule has 2 aliphatic rings. The Balaban J connectivity index is 1.55. The Kier molecular flexibility index (Phi) is 10.1. The Morgan fingerprint density at radius 2 is 1.59 bits per heavy atom. The number of rotatable bonds is 11. The first kappa shape index (κ1) is 22.1. The SMILES string of the molecule is C=CC(=O)COCCCC1CCC(C(=O)OC2CCC(CCC)CC2)CC1. The molecular weight excluding hydrogens is 340 g/mol. The van der Waals surface area contributed by atoms with E-state index in [1.165, 1.54) is 31.8 Å². The van der Waals surface area contributed by atoms with Gasteiger partial charge >= 0.3 is 5.97 Å². The maximum Gasteiger partial charge on any atom is 0.309 e. The van der Waals surface area contributed by atoms with Crippen LogP contribution in [0.2, 0.25) is 0 Å². The first-order valence-electron chi connectivity index (χ1n) is 11.1. The highest BCUT2D eigenvalue weighted by Crippen LogP contribution is 2.34. The fourth-order valence-electron chi connectivity index (χ4n) is 4.60. The fourth-order valence-corrected chi connectivity index (χ4v) is 4.60. The van der Waals surface area contributed by atoms with Gasteiger partial charge in [0.25, 0.3) is 0 Å². The van der Waals surface area contributed by atoms with Crippen molar-refractivity contribution in [1.82, 2.24) is 0 Å². The fraction of sp³-hybridized carbons (Fsp3) is 0.826. The van der Waals surface area contributed by atoms with Gasteiger partial charge in [-0.2, -0.15) is 0 Å². The Bertz CT molecular complexity index is 457. The summed E-state index contributed by atoms with van der Waals surface area (Å²) in [5, 5.41) is 0. The molecule has 0 heterocycles. The van der Waals surface area contributed by atoms with Crippen molar-refractivity contribution in [3.05, 3.63) is 12.7 Å². The Morgan fingerprint density at radius 3 is 2.22 bits per heavy atom. The molecule has 154 valence electrons. The predicted molar refractivity (Wildman–Crippen MR) is 107 cm³/mol. The van der Waals surface area contributed by atoms with Gasteiger partial charge in [0.05, 0.1) is 5.92 Å². The molecule has 0 amide bonds. The lowest BCUT2D eigenvalue weighted by atomic mass is 9.80. The quantitative estimate of drug-likeness (QED) is 0.280.